The SMILES string of the molecule is CCN1C(=C2SC(=Nc3cccc4ccccc34)N(Cc3ccccc3)C2=O)Sc2ccccc21. The highest BCUT2D eigenvalue weighted by Gasteiger charge is 2.39. The van der Waals surface area contributed by atoms with E-state index >= 15 is 0 Å². The van der Waals surface area contributed by atoms with Crippen molar-refractivity contribution in [3.05, 3.63) is 113 Å². The van der Waals surface area contributed by atoms with Gasteiger partial charge in [-0.25, -0.2) is 4.99 Å². The lowest BCUT2D eigenvalue weighted by molar-refractivity contribution is -0.122. The van der Waals surface area contributed by atoms with Crippen LogP contribution in [0.2, 0.25) is 0 Å². The lowest BCUT2D eigenvalue weighted by Gasteiger charge is -2.19. The van der Waals surface area contributed by atoms with E-state index in [-0.39, 0.29) is 5.91 Å². The molecule has 1 fully saturated rings. The van der Waals surface area contributed by atoms with Crippen LogP contribution in [0.3, 0.4) is 0 Å². The number of fused-ring (bicyclic) bond motifs is 2. The van der Waals surface area contributed by atoms with Gasteiger partial charge in [0.05, 0.1) is 17.9 Å². The Morgan fingerprint density at radius 2 is 1.51 bits per heavy atom. The smallest absolute Gasteiger partial charge is 0.269 e. The van der Waals surface area contributed by atoms with Crippen LogP contribution < -0.4 is 4.90 Å². The predicted octanol–water partition coefficient (Wildman–Crippen LogP) is 7.40. The van der Waals surface area contributed by atoms with Crippen molar-refractivity contribution >= 4 is 56.7 Å². The zero-order valence-electron chi connectivity index (χ0n) is 19.2. The van der Waals surface area contributed by atoms with E-state index in [1.54, 1.807) is 11.8 Å². The number of hydrogen-bond donors (Lipinski definition) is 0. The van der Waals surface area contributed by atoms with Crippen molar-refractivity contribution in [2.24, 2.45) is 4.99 Å². The maximum atomic E-state index is 13.9. The Kier molecular flexibility index (Phi) is 5.84. The molecule has 0 aromatic heterocycles. The highest BCUT2D eigenvalue weighted by Crippen LogP contribution is 2.50. The molecule has 0 atom stereocenters. The molecule has 4 aromatic rings. The van der Waals surface area contributed by atoms with E-state index in [1.165, 1.54) is 16.7 Å². The van der Waals surface area contributed by atoms with E-state index in [0.717, 1.165) is 44.2 Å². The molecular formula is C29H23N3OS2. The van der Waals surface area contributed by atoms with Gasteiger partial charge in [-0.3, -0.25) is 9.69 Å². The molecule has 1 saturated heterocycles. The van der Waals surface area contributed by atoms with Gasteiger partial charge in [-0.1, -0.05) is 90.6 Å². The second kappa shape index (κ2) is 9.29. The van der Waals surface area contributed by atoms with Crippen LogP contribution >= 0.6 is 23.5 Å². The molecule has 4 nitrogen and oxygen atoms in total. The van der Waals surface area contributed by atoms with E-state index in [9.17, 15) is 4.79 Å². The number of hydrogen-bond acceptors (Lipinski definition) is 5. The quantitative estimate of drug-likeness (QED) is 0.277. The van der Waals surface area contributed by atoms with Crippen LogP contribution in [0.15, 0.2) is 117 Å². The number of anilines is 1. The monoisotopic (exact) mass is 493 g/mol. The predicted molar refractivity (Wildman–Crippen MR) is 148 cm³/mol. The van der Waals surface area contributed by atoms with Crippen LogP contribution in [0.1, 0.15) is 12.5 Å². The maximum absolute atomic E-state index is 13.9. The second-order valence-corrected chi connectivity index (χ2v) is 10.3. The maximum Gasteiger partial charge on any atom is 0.269 e. The first-order chi connectivity index (χ1) is 17.2. The molecule has 2 heterocycles. The van der Waals surface area contributed by atoms with Crippen molar-refractivity contribution in [1.82, 2.24) is 4.90 Å². The average molecular weight is 494 g/mol. The van der Waals surface area contributed by atoms with E-state index in [0.29, 0.717) is 11.7 Å². The normalized spacial score (nSPS) is 18.7. The Balaban J connectivity index is 1.46. The number of carbonyl (C=O) groups excluding carboxylic acids is 1. The molecule has 2 aliphatic rings. The fourth-order valence-electron chi connectivity index (χ4n) is 4.45. The molecule has 0 aliphatic carbocycles. The number of amides is 1. The third-order valence-corrected chi connectivity index (χ3v) is 8.53. The summed E-state index contributed by atoms with van der Waals surface area (Å²) in [4.78, 5) is 24.9. The summed E-state index contributed by atoms with van der Waals surface area (Å²) >= 11 is 3.15. The summed E-state index contributed by atoms with van der Waals surface area (Å²) in [5.74, 6) is 0.00611. The number of rotatable bonds is 4. The second-order valence-electron chi connectivity index (χ2n) is 8.32. The summed E-state index contributed by atoms with van der Waals surface area (Å²) in [5, 5.41) is 3.92. The van der Waals surface area contributed by atoms with Crippen molar-refractivity contribution in [1.29, 1.82) is 0 Å². The van der Waals surface area contributed by atoms with Crippen LogP contribution in [0.4, 0.5) is 11.4 Å². The Bertz CT molecular complexity index is 1490. The summed E-state index contributed by atoms with van der Waals surface area (Å²) in [7, 11) is 0. The van der Waals surface area contributed by atoms with Gasteiger partial charge in [0.15, 0.2) is 5.17 Å². The average Bonchev–Trinajstić information content (AvgIpc) is 3.42. The molecule has 0 bridgehead atoms. The third kappa shape index (κ3) is 4.03. The number of carbonyl (C=O) groups is 1. The number of nitrogens with zero attached hydrogens (tertiary/aromatic N) is 3. The number of benzene rings is 4. The summed E-state index contributed by atoms with van der Waals surface area (Å²) in [6, 6.07) is 32.8. The third-order valence-electron chi connectivity index (χ3n) is 6.15. The van der Waals surface area contributed by atoms with Gasteiger partial charge in [0.2, 0.25) is 0 Å². The highest BCUT2D eigenvalue weighted by molar-refractivity contribution is 8.19. The van der Waals surface area contributed by atoms with Crippen molar-refractivity contribution in [2.75, 3.05) is 11.4 Å². The first-order valence-corrected chi connectivity index (χ1v) is 13.2. The molecule has 6 rings (SSSR count). The molecule has 0 spiro atoms. The van der Waals surface area contributed by atoms with Gasteiger partial charge in [-0.05, 0) is 47.8 Å². The van der Waals surface area contributed by atoms with Gasteiger partial charge in [0.25, 0.3) is 5.91 Å². The van der Waals surface area contributed by atoms with E-state index in [1.807, 2.05) is 59.5 Å². The van der Waals surface area contributed by atoms with Gasteiger partial charge in [-0.2, -0.15) is 0 Å². The van der Waals surface area contributed by atoms with Crippen LogP contribution in [-0.4, -0.2) is 22.5 Å². The lowest BCUT2D eigenvalue weighted by Crippen LogP contribution is -2.29. The molecular weight excluding hydrogens is 470 g/mol. The van der Waals surface area contributed by atoms with Crippen molar-refractivity contribution in [3.8, 4) is 0 Å². The summed E-state index contributed by atoms with van der Waals surface area (Å²) in [5.41, 5.74) is 3.11. The first-order valence-electron chi connectivity index (χ1n) is 11.6. The van der Waals surface area contributed by atoms with E-state index in [2.05, 4.69) is 54.3 Å². The minimum Gasteiger partial charge on any atom is -0.334 e. The molecule has 35 heavy (non-hydrogen) atoms. The fourth-order valence-corrected chi connectivity index (χ4v) is 6.83. The van der Waals surface area contributed by atoms with Gasteiger partial charge < -0.3 is 4.90 Å². The van der Waals surface area contributed by atoms with Gasteiger partial charge in [0, 0.05) is 16.8 Å². The molecule has 2 aliphatic heterocycles. The zero-order chi connectivity index (χ0) is 23.8. The summed E-state index contributed by atoms with van der Waals surface area (Å²) < 4.78 is 0. The molecule has 0 unspecified atom stereocenters. The number of aliphatic imine (C=N–C) groups is 1. The van der Waals surface area contributed by atoms with Crippen molar-refractivity contribution < 1.29 is 4.79 Å². The molecule has 4 aromatic carbocycles. The van der Waals surface area contributed by atoms with Crippen LogP contribution in [0.25, 0.3) is 10.8 Å². The van der Waals surface area contributed by atoms with E-state index < -0.39 is 0 Å². The highest BCUT2D eigenvalue weighted by atomic mass is 32.2. The van der Waals surface area contributed by atoms with Crippen molar-refractivity contribution in [3.63, 3.8) is 0 Å². The number of thioether (sulfide) groups is 2. The fraction of sp³-hybridized carbons (Fsp3) is 0.103. The topological polar surface area (TPSA) is 35.9 Å². The molecule has 1 amide bonds. The zero-order valence-corrected chi connectivity index (χ0v) is 20.9. The Morgan fingerprint density at radius 3 is 2.37 bits per heavy atom. The molecule has 0 saturated carbocycles. The number of para-hydroxylation sites is 1. The molecule has 6 heteroatoms. The van der Waals surface area contributed by atoms with Gasteiger partial charge in [-0.15, -0.1) is 0 Å². The lowest BCUT2D eigenvalue weighted by atomic mass is 10.1. The Labute approximate surface area is 213 Å². The minimum absolute atomic E-state index is 0.00611. The van der Waals surface area contributed by atoms with E-state index in [4.69, 9.17) is 4.99 Å². The standard InChI is InChI=1S/C29H23N3OS2/c1-2-31-24-17-8-9-18-25(24)34-28(31)26-27(33)32(19-20-11-4-3-5-12-20)29(35-26)30-23-16-10-14-21-13-6-7-15-22(21)23/h3-18H,2,19H2,1H3. The molecule has 0 radical (unpaired) electrons. The number of amidine groups is 1. The van der Waals surface area contributed by atoms with Crippen LogP contribution in [0.5, 0.6) is 0 Å². The van der Waals surface area contributed by atoms with Crippen molar-refractivity contribution in [2.45, 2.75) is 18.4 Å². The van der Waals surface area contributed by atoms with Crippen LogP contribution in [-0.2, 0) is 11.3 Å². The molecule has 0 N–H and O–H groups in total. The van der Waals surface area contributed by atoms with Gasteiger partial charge in [0.1, 0.15) is 9.93 Å². The summed E-state index contributed by atoms with van der Waals surface area (Å²) in [6.45, 7) is 3.40. The largest absolute Gasteiger partial charge is 0.334 e. The van der Waals surface area contributed by atoms with Crippen LogP contribution in [0, 0.1) is 0 Å². The van der Waals surface area contributed by atoms with Gasteiger partial charge >= 0.3 is 0 Å². The molecule has 172 valence electrons. The summed E-state index contributed by atoms with van der Waals surface area (Å²) in [6.07, 6.45) is 0. The Morgan fingerprint density at radius 1 is 0.771 bits per heavy atom. The first kappa shape index (κ1) is 22.0. The minimum atomic E-state index is 0.00611. The Hall–Kier alpha value is -3.48.